The summed E-state index contributed by atoms with van der Waals surface area (Å²) in [6.07, 6.45) is 7.49. The van der Waals surface area contributed by atoms with Crippen molar-refractivity contribution in [3.8, 4) is 0 Å². The van der Waals surface area contributed by atoms with Crippen molar-refractivity contribution in [3.05, 3.63) is 0 Å². The van der Waals surface area contributed by atoms with Crippen LogP contribution in [0.5, 0.6) is 0 Å². The lowest BCUT2D eigenvalue weighted by atomic mass is 10.0. The molecule has 3 saturated heterocycles. The molecule has 3 atom stereocenters. The van der Waals surface area contributed by atoms with Gasteiger partial charge in [0.1, 0.15) is 5.78 Å². The predicted molar refractivity (Wildman–Crippen MR) is 118 cm³/mol. The Bertz CT molecular complexity index is 729. The molecule has 0 saturated carbocycles. The van der Waals surface area contributed by atoms with Gasteiger partial charge < -0.3 is 15.1 Å². The van der Waals surface area contributed by atoms with E-state index in [-0.39, 0.29) is 43.2 Å². The number of likely N-dealkylation sites (N-methyl/N-ethyl adjacent to an activating group) is 1. The van der Waals surface area contributed by atoms with Crippen LogP contribution >= 0.6 is 11.8 Å². The predicted octanol–water partition coefficient (Wildman–Crippen LogP) is 2.57. The topological polar surface area (TPSA) is 113 Å². The van der Waals surface area contributed by atoms with Gasteiger partial charge in [-0.2, -0.15) is 11.8 Å². The fourth-order valence-electron chi connectivity index (χ4n) is 4.52. The first kappa shape index (κ1) is 24.5. The van der Waals surface area contributed by atoms with E-state index in [9.17, 15) is 24.0 Å². The van der Waals surface area contributed by atoms with Crippen LogP contribution in [0.15, 0.2) is 0 Å². The Kier molecular flexibility index (Phi) is 8.95. The van der Waals surface area contributed by atoms with Crippen LogP contribution in [0.25, 0.3) is 0 Å². The fourth-order valence-corrected chi connectivity index (χ4v) is 6.16. The summed E-state index contributed by atoms with van der Waals surface area (Å²) in [7, 11) is 1.86. The molecule has 4 amide bonds. The minimum Gasteiger partial charge on any atom is -0.332 e. The molecule has 0 bridgehead atoms. The van der Waals surface area contributed by atoms with Crippen molar-refractivity contribution in [1.82, 2.24) is 15.3 Å². The maximum atomic E-state index is 12.1. The highest BCUT2D eigenvalue weighted by atomic mass is 32.2. The van der Waals surface area contributed by atoms with Crippen LogP contribution in [0.4, 0.5) is 4.79 Å². The SMILES string of the molecule is CN1C(=O)N[C@H]2CS[C@@H](CCCCC(=O)CCCCCCC(=O)ON3C(=O)CCC3=O)[C@H]21. The number of carbonyl (C=O) groups is 5. The molecule has 0 aliphatic carbocycles. The number of ketones is 1. The Morgan fingerprint density at radius 3 is 2.28 bits per heavy atom. The van der Waals surface area contributed by atoms with Crippen LogP contribution < -0.4 is 5.32 Å². The van der Waals surface area contributed by atoms with Crippen LogP contribution in [0, 0.1) is 0 Å². The molecule has 3 heterocycles. The summed E-state index contributed by atoms with van der Waals surface area (Å²) in [6, 6.07) is 0.558. The molecular weight excluding hydrogens is 434 g/mol. The molecule has 0 unspecified atom stereocenters. The van der Waals surface area contributed by atoms with E-state index in [0.29, 0.717) is 29.6 Å². The van der Waals surface area contributed by atoms with E-state index in [1.807, 2.05) is 23.7 Å². The Hall–Kier alpha value is -2.10. The van der Waals surface area contributed by atoms with Gasteiger partial charge in [0.15, 0.2) is 0 Å². The number of nitrogens with zero attached hydrogens (tertiary/aromatic N) is 2. The van der Waals surface area contributed by atoms with Crippen LogP contribution in [-0.4, -0.2) is 69.7 Å². The summed E-state index contributed by atoms with van der Waals surface area (Å²) in [6.45, 7) is 0. The lowest BCUT2D eigenvalue weighted by molar-refractivity contribution is -0.197. The van der Waals surface area contributed by atoms with Gasteiger partial charge in [-0.05, 0) is 25.7 Å². The summed E-state index contributed by atoms with van der Waals surface area (Å²) in [4.78, 5) is 65.0. The quantitative estimate of drug-likeness (QED) is 0.252. The smallest absolute Gasteiger partial charge is 0.332 e. The Balaban J connectivity index is 1.16. The van der Waals surface area contributed by atoms with E-state index < -0.39 is 17.8 Å². The average Bonchev–Trinajstić information content (AvgIpc) is 3.39. The van der Waals surface area contributed by atoms with Crippen LogP contribution in [0.2, 0.25) is 0 Å². The number of amides is 4. The number of hydroxylamine groups is 2. The Labute approximate surface area is 192 Å². The second-order valence-corrected chi connectivity index (χ2v) is 10.0. The number of hydrogen-bond acceptors (Lipinski definition) is 7. The van der Waals surface area contributed by atoms with Crippen molar-refractivity contribution < 1.29 is 28.8 Å². The summed E-state index contributed by atoms with van der Waals surface area (Å²) < 4.78 is 0. The maximum Gasteiger partial charge on any atom is 0.333 e. The zero-order chi connectivity index (χ0) is 23.1. The second-order valence-electron chi connectivity index (χ2n) is 8.77. The van der Waals surface area contributed by atoms with Gasteiger partial charge in [-0.1, -0.05) is 19.3 Å². The van der Waals surface area contributed by atoms with Crippen molar-refractivity contribution in [1.29, 1.82) is 0 Å². The number of carbonyl (C=O) groups excluding carboxylic acids is 5. The van der Waals surface area contributed by atoms with E-state index in [1.54, 1.807) is 0 Å². The molecule has 3 aliphatic rings. The van der Waals surface area contributed by atoms with Crippen molar-refractivity contribution in [2.24, 2.45) is 0 Å². The van der Waals surface area contributed by atoms with Crippen molar-refractivity contribution in [3.63, 3.8) is 0 Å². The third-order valence-electron chi connectivity index (χ3n) is 6.34. The molecule has 0 spiro atoms. The first-order chi connectivity index (χ1) is 15.4. The summed E-state index contributed by atoms with van der Waals surface area (Å²) in [5.41, 5.74) is 0. The minimum absolute atomic E-state index is 0.0224. The Morgan fingerprint density at radius 1 is 0.969 bits per heavy atom. The van der Waals surface area contributed by atoms with Crippen LogP contribution in [0.3, 0.4) is 0 Å². The molecule has 0 radical (unpaired) electrons. The summed E-state index contributed by atoms with van der Waals surface area (Å²) in [5, 5.41) is 4.05. The van der Waals surface area contributed by atoms with Gasteiger partial charge >= 0.3 is 12.0 Å². The highest BCUT2D eigenvalue weighted by Gasteiger charge is 2.46. The number of nitrogens with one attached hydrogen (secondary N) is 1. The van der Waals surface area contributed by atoms with Gasteiger partial charge in [0.2, 0.25) is 0 Å². The summed E-state index contributed by atoms with van der Waals surface area (Å²) in [5.74, 6) is -0.254. The molecular formula is C22H33N3O6S. The first-order valence-electron chi connectivity index (χ1n) is 11.6. The fraction of sp³-hybridized carbons (Fsp3) is 0.773. The molecule has 0 aromatic carbocycles. The number of rotatable bonds is 13. The Morgan fingerprint density at radius 2 is 1.59 bits per heavy atom. The zero-order valence-corrected chi connectivity index (χ0v) is 19.5. The van der Waals surface area contributed by atoms with Crippen LogP contribution in [0.1, 0.15) is 77.0 Å². The molecule has 10 heteroatoms. The zero-order valence-electron chi connectivity index (χ0n) is 18.7. The van der Waals surface area contributed by atoms with Gasteiger partial charge in [-0.3, -0.25) is 14.4 Å². The van der Waals surface area contributed by atoms with Crippen LogP contribution in [-0.2, 0) is 24.0 Å². The molecule has 178 valence electrons. The van der Waals surface area contributed by atoms with E-state index >= 15 is 0 Å². The molecule has 3 fully saturated rings. The lowest BCUT2D eigenvalue weighted by Gasteiger charge is -2.23. The van der Waals surface area contributed by atoms with Gasteiger partial charge in [-0.15, -0.1) is 5.06 Å². The monoisotopic (exact) mass is 467 g/mol. The van der Waals surface area contributed by atoms with Crippen molar-refractivity contribution in [2.75, 3.05) is 12.8 Å². The highest BCUT2D eigenvalue weighted by molar-refractivity contribution is 8.00. The third-order valence-corrected chi connectivity index (χ3v) is 7.83. The molecule has 0 aromatic heterocycles. The van der Waals surface area contributed by atoms with E-state index in [0.717, 1.165) is 44.3 Å². The summed E-state index contributed by atoms with van der Waals surface area (Å²) >= 11 is 1.92. The van der Waals surface area contributed by atoms with Gasteiger partial charge in [-0.25, -0.2) is 9.59 Å². The molecule has 0 aromatic rings. The molecule has 32 heavy (non-hydrogen) atoms. The molecule has 3 rings (SSSR count). The van der Waals surface area contributed by atoms with Crippen molar-refractivity contribution >= 4 is 41.4 Å². The number of urea groups is 1. The number of imide groups is 1. The number of Topliss-reactive ketones (excluding diaryl/α,β-unsaturated/α-hetero) is 1. The van der Waals surface area contributed by atoms with Gasteiger partial charge in [0, 0.05) is 50.2 Å². The highest BCUT2D eigenvalue weighted by Crippen LogP contribution is 2.36. The maximum absolute atomic E-state index is 12.1. The minimum atomic E-state index is -0.569. The normalized spacial score (nSPS) is 24.8. The largest absolute Gasteiger partial charge is 0.333 e. The number of thioether (sulfide) groups is 1. The standard InChI is InChI=1S/C22H33N3O6S/c1-24-21-16(23-22(24)30)14-32-17(21)10-7-6-9-15(26)8-4-2-3-5-11-20(29)31-25-18(27)12-13-19(25)28/h16-17,21H,2-14H2,1H3,(H,23,30)/t16-,17-,21-/m0/s1. The van der Waals surface area contributed by atoms with Crippen molar-refractivity contribution in [2.45, 2.75) is 94.4 Å². The number of fused-ring (bicyclic) bond motifs is 1. The average molecular weight is 468 g/mol. The second kappa shape index (κ2) is 11.7. The lowest BCUT2D eigenvalue weighted by Crippen LogP contribution is -2.38. The van der Waals surface area contributed by atoms with E-state index in [1.165, 1.54) is 0 Å². The molecule has 9 nitrogen and oxygen atoms in total. The molecule has 3 aliphatic heterocycles. The van der Waals surface area contributed by atoms with Gasteiger partial charge in [0.05, 0.1) is 12.1 Å². The van der Waals surface area contributed by atoms with E-state index in [4.69, 9.17) is 4.84 Å². The molecule has 1 N–H and O–H groups in total. The van der Waals surface area contributed by atoms with Gasteiger partial charge in [0.25, 0.3) is 11.8 Å². The first-order valence-corrected chi connectivity index (χ1v) is 12.6. The number of unbranched alkanes of at least 4 members (excludes halogenated alkanes) is 4. The third kappa shape index (κ3) is 6.46. The number of hydrogen-bond donors (Lipinski definition) is 1. The van der Waals surface area contributed by atoms with E-state index in [2.05, 4.69) is 5.32 Å².